The van der Waals surface area contributed by atoms with E-state index < -0.39 is 19.8 Å². The Hall–Kier alpha value is 0.582. The summed E-state index contributed by atoms with van der Waals surface area (Å²) in [7, 11) is -4.64. The van der Waals surface area contributed by atoms with Crippen LogP contribution in [0.4, 0.5) is 0 Å². The van der Waals surface area contributed by atoms with Crippen LogP contribution in [0.5, 0.6) is 0 Å². The first-order chi connectivity index (χ1) is 5.46. The van der Waals surface area contributed by atoms with E-state index in [9.17, 15) is 0 Å². The normalized spacial score (nSPS) is 7.27. The standard InChI is InChI=1S/2C2H4O2.2Mg.H3O4P.4H/c2*1-2(3)4;;;1-5(2,3)4;;;;/h2*1H3,(H,3,4);;;(H3,1,2,3,4);;;;/q;;2*+2;;4*-1. The van der Waals surface area contributed by atoms with Crippen LogP contribution in [0.25, 0.3) is 0 Å². The molecule has 5 N–H and O–H groups in total. The number of carbonyl (C=O) groups is 2. The van der Waals surface area contributed by atoms with E-state index in [0.29, 0.717) is 0 Å². The Kier molecular flexibility index (Phi) is 33.5. The zero-order chi connectivity index (χ0) is 11.7. The Bertz CT molecular complexity index is 187. The predicted octanol–water partition coefficient (Wildman–Crippen LogP) is -1.06. The third-order valence-electron chi connectivity index (χ3n) is 0. The van der Waals surface area contributed by atoms with Crippen molar-refractivity contribution in [2.75, 3.05) is 0 Å². The molecule has 0 atom stereocenters. The maximum atomic E-state index is 9.00. The van der Waals surface area contributed by atoms with Gasteiger partial charge in [0.05, 0.1) is 0 Å². The molecular formula is C4H15Mg2O8P. The fourth-order valence-corrected chi connectivity index (χ4v) is 0. The number of carboxylic acids is 2. The minimum Gasteiger partial charge on any atom is -1.00 e. The van der Waals surface area contributed by atoms with Gasteiger partial charge < -0.3 is 30.6 Å². The molecule has 0 bridgehead atoms. The summed E-state index contributed by atoms with van der Waals surface area (Å²) in [6.07, 6.45) is 0. The number of hydrogen-bond donors (Lipinski definition) is 5. The molecule has 0 spiro atoms. The zero-order valence-corrected chi connectivity index (χ0v) is 12.0. The summed E-state index contributed by atoms with van der Waals surface area (Å²) in [6, 6.07) is 0. The van der Waals surface area contributed by atoms with Gasteiger partial charge >= 0.3 is 53.9 Å². The number of aliphatic carboxylic acids is 2. The molecule has 0 radical (unpaired) electrons. The molecule has 0 amide bonds. The van der Waals surface area contributed by atoms with Gasteiger partial charge in [-0.05, 0) is 0 Å². The van der Waals surface area contributed by atoms with Crippen molar-refractivity contribution < 1.29 is 44.8 Å². The van der Waals surface area contributed by atoms with Crippen molar-refractivity contribution in [3.05, 3.63) is 0 Å². The van der Waals surface area contributed by atoms with Crippen LogP contribution in [0.15, 0.2) is 0 Å². The van der Waals surface area contributed by atoms with Crippen molar-refractivity contribution >= 4 is 65.9 Å². The zero-order valence-electron chi connectivity index (χ0n) is 12.3. The largest absolute Gasteiger partial charge is 2.00 e. The molecule has 11 heteroatoms. The molecule has 8 nitrogen and oxygen atoms in total. The van der Waals surface area contributed by atoms with Crippen molar-refractivity contribution in [2.45, 2.75) is 13.8 Å². The Labute approximate surface area is 124 Å². The smallest absolute Gasteiger partial charge is 1.00 e. The molecular weight excluding hydrogens is 256 g/mol. The average molecular weight is 271 g/mol. The molecule has 0 saturated carbocycles. The van der Waals surface area contributed by atoms with E-state index in [1.165, 1.54) is 0 Å². The fourth-order valence-electron chi connectivity index (χ4n) is 0. The van der Waals surface area contributed by atoms with E-state index in [0.717, 1.165) is 13.8 Å². The number of rotatable bonds is 0. The van der Waals surface area contributed by atoms with Crippen LogP contribution in [0.1, 0.15) is 19.6 Å². The summed E-state index contributed by atoms with van der Waals surface area (Å²) in [6.45, 7) is 2.17. The van der Waals surface area contributed by atoms with Gasteiger partial charge in [0.15, 0.2) is 0 Å². The number of carboxylic acid groups (broad SMARTS) is 2. The third-order valence-corrected chi connectivity index (χ3v) is 0. The molecule has 0 rings (SSSR count). The van der Waals surface area contributed by atoms with Crippen molar-refractivity contribution in [1.29, 1.82) is 0 Å². The molecule has 0 aliphatic rings. The molecule has 0 aromatic heterocycles. The maximum absolute atomic E-state index is 9.00. The van der Waals surface area contributed by atoms with Crippen LogP contribution in [-0.4, -0.2) is 82.9 Å². The second kappa shape index (κ2) is 17.0. The van der Waals surface area contributed by atoms with Gasteiger partial charge in [0.1, 0.15) is 0 Å². The molecule has 0 aromatic rings. The van der Waals surface area contributed by atoms with E-state index in [1.807, 2.05) is 0 Å². The monoisotopic (exact) mass is 270 g/mol. The second-order valence-electron chi connectivity index (χ2n) is 1.55. The first kappa shape index (κ1) is 29.6. The summed E-state index contributed by atoms with van der Waals surface area (Å²) in [5.74, 6) is -1.67. The van der Waals surface area contributed by atoms with Crippen LogP contribution in [0.2, 0.25) is 0 Å². The van der Waals surface area contributed by atoms with Gasteiger partial charge in [0.2, 0.25) is 0 Å². The Morgan fingerprint density at radius 1 is 0.933 bits per heavy atom. The van der Waals surface area contributed by atoms with Crippen molar-refractivity contribution in [3.63, 3.8) is 0 Å². The minimum atomic E-state index is -4.64. The first-order valence-corrected chi connectivity index (χ1v) is 4.20. The average Bonchev–Trinajstić information content (AvgIpc) is 1.50. The molecule has 0 aromatic carbocycles. The Morgan fingerprint density at radius 2 is 0.933 bits per heavy atom. The van der Waals surface area contributed by atoms with E-state index in [-0.39, 0.29) is 51.8 Å². The minimum absolute atomic E-state index is 0. The quantitative estimate of drug-likeness (QED) is 0.276. The SMILES string of the molecule is CC(=O)O.CC(=O)O.O=P(O)(O)O.[H-].[H-].[H-].[H-].[Mg+2].[Mg+2]. The summed E-state index contributed by atoms with van der Waals surface area (Å²) >= 11 is 0. The molecule has 88 valence electrons. The van der Waals surface area contributed by atoms with Gasteiger partial charge in [0, 0.05) is 13.8 Å². The molecule has 15 heavy (non-hydrogen) atoms. The Morgan fingerprint density at radius 3 is 0.933 bits per heavy atom. The molecule has 0 saturated heterocycles. The molecule has 0 aliphatic carbocycles. The van der Waals surface area contributed by atoms with Crippen molar-refractivity contribution in [1.82, 2.24) is 0 Å². The van der Waals surface area contributed by atoms with Crippen molar-refractivity contribution in [3.8, 4) is 0 Å². The van der Waals surface area contributed by atoms with Gasteiger partial charge in [0.25, 0.3) is 11.9 Å². The van der Waals surface area contributed by atoms with Gasteiger partial charge in [-0.2, -0.15) is 0 Å². The maximum Gasteiger partial charge on any atom is 2.00 e. The molecule has 0 unspecified atom stereocenters. The summed E-state index contributed by atoms with van der Waals surface area (Å²) in [5, 5.41) is 14.8. The second-order valence-corrected chi connectivity index (χ2v) is 2.58. The van der Waals surface area contributed by atoms with Gasteiger partial charge in [-0.3, -0.25) is 9.59 Å². The summed E-state index contributed by atoms with van der Waals surface area (Å²) < 4.78 is 8.88. The van der Waals surface area contributed by atoms with Crippen LogP contribution < -0.4 is 0 Å². The first-order valence-electron chi connectivity index (χ1n) is 2.64. The van der Waals surface area contributed by atoms with Gasteiger partial charge in [-0.25, -0.2) is 4.57 Å². The molecule has 0 aliphatic heterocycles. The van der Waals surface area contributed by atoms with Gasteiger partial charge in [-0.15, -0.1) is 0 Å². The van der Waals surface area contributed by atoms with E-state index in [2.05, 4.69) is 0 Å². The van der Waals surface area contributed by atoms with E-state index >= 15 is 0 Å². The summed E-state index contributed by atoms with van der Waals surface area (Å²) in [4.78, 5) is 39.6. The number of phosphoric acid groups is 1. The van der Waals surface area contributed by atoms with Crippen LogP contribution >= 0.6 is 7.82 Å². The van der Waals surface area contributed by atoms with E-state index in [1.54, 1.807) is 0 Å². The van der Waals surface area contributed by atoms with E-state index in [4.69, 9.17) is 39.0 Å². The van der Waals surface area contributed by atoms with Gasteiger partial charge in [-0.1, -0.05) is 0 Å². The third kappa shape index (κ3) is 6800. The van der Waals surface area contributed by atoms with Crippen molar-refractivity contribution in [2.24, 2.45) is 0 Å². The molecule has 0 heterocycles. The van der Waals surface area contributed by atoms with Crippen LogP contribution in [-0.2, 0) is 14.2 Å². The summed E-state index contributed by atoms with van der Waals surface area (Å²) in [5.41, 5.74) is 0. The molecule has 0 fully saturated rings. The van der Waals surface area contributed by atoms with Crippen LogP contribution in [0, 0.1) is 0 Å². The fraction of sp³-hybridized carbons (Fsp3) is 0.500. The predicted molar refractivity (Wildman–Crippen MR) is 56.8 cm³/mol. The van der Waals surface area contributed by atoms with Crippen LogP contribution in [0.3, 0.4) is 0 Å². The number of hydrogen-bond acceptors (Lipinski definition) is 3. The topological polar surface area (TPSA) is 152 Å². The Balaban J connectivity index is -0.00000000980.